The molecule has 144 valence electrons. The number of amides is 1. The summed E-state index contributed by atoms with van der Waals surface area (Å²) in [5, 5.41) is 3.03. The molecule has 1 saturated heterocycles. The number of nitrogens with zero attached hydrogens (tertiary/aromatic N) is 1. The van der Waals surface area contributed by atoms with Gasteiger partial charge in [0.2, 0.25) is 5.91 Å². The molecule has 0 radical (unpaired) electrons. The average molecular weight is 360 g/mol. The van der Waals surface area contributed by atoms with Crippen molar-refractivity contribution in [3.8, 4) is 11.5 Å². The van der Waals surface area contributed by atoms with Gasteiger partial charge in [0.1, 0.15) is 11.5 Å². The number of likely N-dealkylation sites (tertiary alicyclic amines) is 1. The number of hydrogen-bond donors (Lipinski definition) is 1. The van der Waals surface area contributed by atoms with Crippen LogP contribution in [0.2, 0.25) is 0 Å². The summed E-state index contributed by atoms with van der Waals surface area (Å²) in [5.74, 6) is 2.03. The predicted molar refractivity (Wildman–Crippen MR) is 106 cm³/mol. The van der Waals surface area contributed by atoms with Crippen LogP contribution in [-0.4, -0.2) is 50.2 Å². The number of piperidine rings is 1. The van der Waals surface area contributed by atoms with E-state index in [0.717, 1.165) is 24.6 Å². The minimum Gasteiger partial charge on any atom is -0.497 e. The van der Waals surface area contributed by atoms with Gasteiger partial charge in [0.25, 0.3) is 0 Å². The molecule has 1 N–H and O–H groups in total. The molecule has 26 heavy (non-hydrogen) atoms. The van der Waals surface area contributed by atoms with E-state index < -0.39 is 0 Å². The molecule has 0 aliphatic carbocycles. The second-order valence-electron chi connectivity index (χ2n) is 7.70. The van der Waals surface area contributed by atoms with Crippen LogP contribution < -0.4 is 14.8 Å². The standard InChI is InChI=1S/C21H32N2O3/c1-16-7-6-10-23(14-16)21(2,3)15-22-20(24)9-8-17-11-18(25-4)13-19(12-17)26-5/h8-9,11-13,16H,6-7,10,14-15H2,1-5H3,(H,22,24)/b9-8+. The van der Waals surface area contributed by atoms with Crippen LogP contribution in [0.4, 0.5) is 0 Å². The lowest BCUT2D eigenvalue weighted by molar-refractivity contribution is -0.117. The van der Waals surface area contributed by atoms with Crippen molar-refractivity contribution in [2.24, 2.45) is 5.92 Å². The van der Waals surface area contributed by atoms with Crippen molar-refractivity contribution in [1.29, 1.82) is 0 Å². The SMILES string of the molecule is COc1cc(/C=C/C(=O)NCC(C)(C)N2CCCC(C)C2)cc(OC)c1. The molecule has 1 aromatic rings. The number of benzene rings is 1. The minimum atomic E-state index is -0.0927. The van der Waals surface area contributed by atoms with Gasteiger partial charge < -0.3 is 14.8 Å². The minimum absolute atomic E-state index is 0.0443. The van der Waals surface area contributed by atoms with Gasteiger partial charge in [0, 0.05) is 30.8 Å². The smallest absolute Gasteiger partial charge is 0.244 e. The molecule has 0 aromatic heterocycles. The second-order valence-corrected chi connectivity index (χ2v) is 7.70. The molecule has 1 aromatic carbocycles. The highest BCUT2D eigenvalue weighted by Crippen LogP contribution is 2.24. The molecule has 1 heterocycles. The van der Waals surface area contributed by atoms with E-state index >= 15 is 0 Å². The van der Waals surface area contributed by atoms with Crippen molar-refractivity contribution in [2.75, 3.05) is 33.9 Å². The number of methoxy groups -OCH3 is 2. The van der Waals surface area contributed by atoms with E-state index in [-0.39, 0.29) is 11.4 Å². The lowest BCUT2D eigenvalue weighted by Crippen LogP contribution is -2.54. The molecule has 1 aliphatic heterocycles. The molecule has 5 heteroatoms. The number of rotatable bonds is 7. The summed E-state index contributed by atoms with van der Waals surface area (Å²) in [6.45, 7) is 9.52. The zero-order valence-electron chi connectivity index (χ0n) is 16.7. The predicted octanol–water partition coefficient (Wildman–Crippen LogP) is 3.34. The molecule has 1 unspecified atom stereocenters. The number of hydrogen-bond acceptors (Lipinski definition) is 4. The third-order valence-corrected chi connectivity index (χ3v) is 5.01. The Kier molecular flexibility index (Phi) is 7.09. The van der Waals surface area contributed by atoms with E-state index in [0.29, 0.717) is 18.0 Å². The van der Waals surface area contributed by atoms with Crippen molar-refractivity contribution in [3.05, 3.63) is 29.8 Å². The second kappa shape index (κ2) is 9.08. The van der Waals surface area contributed by atoms with Crippen LogP contribution in [0, 0.1) is 5.92 Å². The maximum atomic E-state index is 12.2. The van der Waals surface area contributed by atoms with Crippen molar-refractivity contribution < 1.29 is 14.3 Å². The van der Waals surface area contributed by atoms with Gasteiger partial charge >= 0.3 is 0 Å². The van der Waals surface area contributed by atoms with Gasteiger partial charge in [0.05, 0.1) is 14.2 Å². The third kappa shape index (κ3) is 5.77. The number of nitrogens with one attached hydrogen (secondary N) is 1. The molecular weight excluding hydrogens is 328 g/mol. The van der Waals surface area contributed by atoms with Crippen LogP contribution in [0.3, 0.4) is 0 Å². The first-order valence-electron chi connectivity index (χ1n) is 9.28. The fourth-order valence-corrected chi connectivity index (χ4v) is 3.31. The van der Waals surface area contributed by atoms with Crippen LogP contribution >= 0.6 is 0 Å². The number of ether oxygens (including phenoxy) is 2. The van der Waals surface area contributed by atoms with Crippen LogP contribution in [0.15, 0.2) is 24.3 Å². The Hall–Kier alpha value is -2.01. The van der Waals surface area contributed by atoms with Gasteiger partial charge in [-0.2, -0.15) is 0 Å². The summed E-state index contributed by atoms with van der Waals surface area (Å²) in [7, 11) is 3.22. The van der Waals surface area contributed by atoms with Gasteiger partial charge in [-0.3, -0.25) is 9.69 Å². The van der Waals surface area contributed by atoms with Crippen LogP contribution in [0.5, 0.6) is 11.5 Å². The monoisotopic (exact) mass is 360 g/mol. The molecule has 0 bridgehead atoms. The van der Waals surface area contributed by atoms with Crippen molar-refractivity contribution >= 4 is 12.0 Å². The van der Waals surface area contributed by atoms with E-state index in [4.69, 9.17) is 9.47 Å². The Morgan fingerprint density at radius 3 is 2.50 bits per heavy atom. The molecule has 2 rings (SSSR count). The van der Waals surface area contributed by atoms with Gasteiger partial charge in [0.15, 0.2) is 0 Å². The fourth-order valence-electron chi connectivity index (χ4n) is 3.31. The maximum Gasteiger partial charge on any atom is 0.244 e. The van der Waals surface area contributed by atoms with Crippen LogP contribution in [-0.2, 0) is 4.79 Å². The molecule has 1 fully saturated rings. The van der Waals surface area contributed by atoms with Crippen LogP contribution in [0.25, 0.3) is 6.08 Å². The molecule has 0 spiro atoms. The molecule has 5 nitrogen and oxygen atoms in total. The Balaban J connectivity index is 1.92. The van der Waals surface area contributed by atoms with Crippen molar-refractivity contribution in [1.82, 2.24) is 10.2 Å². The van der Waals surface area contributed by atoms with Gasteiger partial charge in [-0.05, 0) is 62.9 Å². The maximum absolute atomic E-state index is 12.2. The third-order valence-electron chi connectivity index (χ3n) is 5.01. The van der Waals surface area contributed by atoms with Gasteiger partial charge in [-0.15, -0.1) is 0 Å². The zero-order valence-corrected chi connectivity index (χ0v) is 16.7. The highest BCUT2D eigenvalue weighted by Gasteiger charge is 2.30. The van der Waals surface area contributed by atoms with E-state index in [2.05, 4.69) is 31.0 Å². The van der Waals surface area contributed by atoms with Gasteiger partial charge in [-0.25, -0.2) is 0 Å². The lowest BCUT2D eigenvalue weighted by atomic mass is 9.93. The van der Waals surface area contributed by atoms with E-state index in [1.165, 1.54) is 12.8 Å². The molecule has 1 atom stereocenters. The summed E-state index contributed by atoms with van der Waals surface area (Å²) in [6.07, 6.45) is 5.86. The lowest BCUT2D eigenvalue weighted by Gasteiger charge is -2.43. The first kappa shape index (κ1) is 20.3. The Labute approximate surface area is 157 Å². The van der Waals surface area contributed by atoms with Crippen LogP contribution in [0.1, 0.15) is 39.2 Å². The average Bonchev–Trinajstić information content (AvgIpc) is 2.64. The fraction of sp³-hybridized carbons (Fsp3) is 0.571. The van der Waals surface area contributed by atoms with Gasteiger partial charge in [-0.1, -0.05) is 6.92 Å². The number of carbonyl (C=O) groups is 1. The van der Waals surface area contributed by atoms with E-state index in [1.54, 1.807) is 32.4 Å². The summed E-state index contributed by atoms with van der Waals surface area (Å²) in [5.41, 5.74) is 0.817. The zero-order chi connectivity index (χ0) is 19.2. The van der Waals surface area contributed by atoms with E-state index in [1.807, 2.05) is 12.1 Å². The molecular formula is C21H32N2O3. The molecule has 1 aliphatic rings. The normalized spacial score (nSPS) is 18.7. The molecule has 0 saturated carbocycles. The summed E-state index contributed by atoms with van der Waals surface area (Å²) in [4.78, 5) is 14.7. The Bertz CT molecular complexity index is 618. The van der Waals surface area contributed by atoms with E-state index in [9.17, 15) is 4.79 Å². The summed E-state index contributed by atoms with van der Waals surface area (Å²) < 4.78 is 10.5. The summed E-state index contributed by atoms with van der Waals surface area (Å²) in [6, 6.07) is 5.54. The first-order valence-corrected chi connectivity index (χ1v) is 9.28. The Morgan fingerprint density at radius 1 is 1.27 bits per heavy atom. The highest BCUT2D eigenvalue weighted by molar-refractivity contribution is 5.91. The highest BCUT2D eigenvalue weighted by atomic mass is 16.5. The quantitative estimate of drug-likeness (QED) is 0.758. The largest absolute Gasteiger partial charge is 0.497 e. The van der Waals surface area contributed by atoms with Crippen molar-refractivity contribution in [3.63, 3.8) is 0 Å². The molecule has 1 amide bonds. The number of carbonyl (C=O) groups excluding carboxylic acids is 1. The topological polar surface area (TPSA) is 50.8 Å². The first-order chi connectivity index (χ1) is 12.3. The Morgan fingerprint density at radius 2 is 1.92 bits per heavy atom. The summed E-state index contributed by atoms with van der Waals surface area (Å²) >= 11 is 0. The van der Waals surface area contributed by atoms with Crippen molar-refractivity contribution in [2.45, 2.75) is 39.2 Å².